The average Bonchev–Trinajstić information content (AvgIpc) is 2.92. The number of halogens is 2. The molecule has 1 fully saturated rings. The molecular weight excluding hydrogens is 399 g/mol. The molecule has 2 aromatic carbocycles. The number of Topliss-reactive ketones (excluding diaryl/α,β-unsaturated/α-hetero) is 1. The molecule has 8 heteroatoms. The second kappa shape index (κ2) is 8.23. The van der Waals surface area contributed by atoms with E-state index in [0.29, 0.717) is 6.54 Å². The number of benzene rings is 2. The van der Waals surface area contributed by atoms with Crippen LogP contribution >= 0.6 is 11.6 Å². The molecule has 1 aliphatic rings. The Morgan fingerprint density at radius 2 is 1.90 bits per heavy atom. The van der Waals surface area contributed by atoms with Crippen molar-refractivity contribution in [2.24, 2.45) is 0 Å². The van der Waals surface area contributed by atoms with Gasteiger partial charge in [0.25, 0.3) is 11.7 Å². The third-order valence-corrected chi connectivity index (χ3v) is 4.98. The Hall–Kier alpha value is -2.90. The lowest BCUT2D eigenvalue weighted by Crippen LogP contribution is -2.35. The van der Waals surface area contributed by atoms with Crippen molar-refractivity contribution >= 4 is 29.1 Å². The predicted molar refractivity (Wildman–Crippen MR) is 107 cm³/mol. The van der Waals surface area contributed by atoms with Gasteiger partial charge in [-0.1, -0.05) is 29.8 Å². The quantitative estimate of drug-likeness (QED) is 0.443. The highest BCUT2D eigenvalue weighted by Crippen LogP contribution is 2.41. The summed E-state index contributed by atoms with van der Waals surface area (Å²) in [5.41, 5.74) is -0.325. The number of hydrogen-bond donors (Lipinski definition) is 2. The van der Waals surface area contributed by atoms with Gasteiger partial charge < -0.3 is 20.0 Å². The minimum atomic E-state index is -1.13. The molecule has 1 heterocycles. The highest BCUT2D eigenvalue weighted by atomic mass is 35.5. The minimum Gasteiger partial charge on any atom is -0.507 e. The molecule has 3 rings (SSSR count). The number of carbonyl (C=O) groups is 2. The topological polar surface area (TPSA) is 81.1 Å². The number of aliphatic hydroxyl groups is 1. The van der Waals surface area contributed by atoms with Crippen LogP contribution in [0.25, 0.3) is 5.76 Å². The van der Waals surface area contributed by atoms with Gasteiger partial charge in [0.1, 0.15) is 17.3 Å². The molecule has 0 aliphatic carbocycles. The summed E-state index contributed by atoms with van der Waals surface area (Å²) in [6.45, 7) is 0.579. The van der Waals surface area contributed by atoms with E-state index < -0.39 is 29.3 Å². The van der Waals surface area contributed by atoms with E-state index in [1.165, 1.54) is 41.3 Å². The number of phenols is 1. The van der Waals surface area contributed by atoms with E-state index in [0.717, 1.165) is 0 Å². The van der Waals surface area contributed by atoms with E-state index in [1.54, 1.807) is 20.2 Å². The fraction of sp³-hybridized carbons (Fsp3) is 0.238. The number of nitrogens with zero attached hydrogens (tertiary/aromatic N) is 2. The molecule has 0 bridgehead atoms. The molecule has 152 valence electrons. The van der Waals surface area contributed by atoms with E-state index in [1.807, 2.05) is 4.90 Å². The van der Waals surface area contributed by atoms with Crippen LogP contribution in [0.5, 0.6) is 5.75 Å². The molecule has 0 radical (unpaired) electrons. The zero-order chi connectivity index (χ0) is 21.3. The molecule has 6 nitrogen and oxygen atoms in total. The molecule has 1 saturated heterocycles. The molecule has 0 aromatic heterocycles. The van der Waals surface area contributed by atoms with Gasteiger partial charge in [-0.15, -0.1) is 0 Å². The van der Waals surface area contributed by atoms with Gasteiger partial charge in [0.2, 0.25) is 0 Å². The number of aromatic hydroxyl groups is 1. The second-order valence-corrected chi connectivity index (χ2v) is 7.42. The average molecular weight is 419 g/mol. The maximum absolute atomic E-state index is 14.6. The van der Waals surface area contributed by atoms with E-state index >= 15 is 0 Å². The predicted octanol–water partition coefficient (Wildman–Crippen LogP) is 3.17. The molecule has 29 heavy (non-hydrogen) atoms. The van der Waals surface area contributed by atoms with Crippen molar-refractivity contribution < 1.29 is 24.2 Å². The fourth-order valence-corrected chi connectivity index (χ4v) is 3.45. The summed E-state index contributed by atoms with van der Waals surface area (Å²) in [6, 6.07) is 8.58. The highest BCUT2D eigenvalue weighted by Gasteiger charge is 2.47. The van der Waals surface area contributed by atoms with E-state index in [4.69, 9.17) is 11.6 Å². The Kier molecular flexibility index (Phi) is 5.91. The van der Waals surface area contributed by atoms with Crippen molar-refractivity contribution in [1.29, 1.82) is 0 Å². The second-order valence-electron chi connectivity index (χ2n) is 6.98. The first-order valence-electron chi connectivity index (χ1n) is 8.88. The summed E-state index contributed by atoms with van der Waals surface area (Å²) < 4.78 is 14.6. The van der Waals surface area contributed by atoms with Crippen LogP contribution in [0.2, 0.25) is 5.02 Å². The van der Waals surface area contributed by atoms with Crippen LogP contribution in [0.4, 0.5) is 4.39 Å². The largest absolute Gasteiger partial charge is 0.507 e. The molecule has 1 atom stereocenters. The van der Waals surface area contributed by atoms with Crippen LogP contribution in [0, 0.1) is 5.82 Å². The number of phenolic OH excluding ortho intramolecular Hbond substituents is 1. The highest BCUT2D eigenvalue weighted by molar-refractivity contribution is 6.46. The maximum Gasteiger partial charge on any atom is 0.295 e. The first-order chi connectivity index (χ1) is 13.7. The number of rotatable bonds is 5. The summed E-state index contributed by atoms with van der Waals surface area (Å²) >= 11 is 5.95. The van der Waals surface area contributed by atoms with Gasteiger partial charge in [-0.05, 0) is 38.4 Å². The molecule has 2 N–H and O–H groups in total. The van der Waals surface area contributed by atoms with Gasteiger partial charge in [-0.2, -0.15) is 0 Å². The van der Waals surface area contributed by atoms with E-state index in [2.05, 4.69) is 0 Å². The molecule has 0 saturated carbocycles. The molecule has 1 unspecified atom stereocenters. The number of likely N-dealkylation sites (tertiary alicyclic amines) is 1. The Morgan fingerprint density at radius 3 is 2.55 bits per heavy atom. The zero-order valence-electron chi connectivity index (χ0n) is 15.9. The van der Waals surface area contributed by atoms with E-state index in [9.17, 15) is 24.2 Å². The first-order valence-corrected chi connectivity index (χ1v) is 9.26. The van der Waals surface area contributed by atoms with Crippen LogP contribution < -0.4 is 0 Å². The van der Waals surface area contributed by atoms with Crippen molar-refractivity contribution in [2.75, 3.05) is 27.2 Å². The van der Waals surface area contributed by atoms with Gasteiger partial charge in [-0.3, -0.25) is 9.59 Å². The summed E-state index contributed by atoms with van der Waals surface area (Å²) in [5, 5.41) is 21.2. The number of likely N-dealkylation sites (N-methyl/N-ethyl adjacent to an activating group) is 1. The van der Waals surface area contributed by atoms with Crippen LogP contribution in [-0.2, 0) is 9.59 Å². The molecule has 0 spiro atoms. The summed E-state index contributed by atoms with van der Waals surface area (Å²) in [7, 11) is 3.61. The maximum atomic E-state index is 14.6. The van der Waals surface area contributed by atoms with Crippen molar-refractivity contribution in [3.05, 3.63) is 70.0 Å². The van der Waals surface area contributed by atoms with E-state index in [-0.39, 0.29) is 34.0 Å². The third-order valence-electron chi connectivity index (χ3n) is 4.74. The normalized spacial score (nSPS) is 18.7. The summed E-state index contributed by atoms with van der Waals surface area (Å²) in [4.78, 5) is 28.6. The lowest BCUT2D eigenvalue weighted by molar-refractivity contribution is -0.140. The van der Waals surface area contributed by atoms with Gasteiger partial charge >= 0.3 is 0 Å². The first kappa shape index (κ1) is 20.8. The van der Waals surface area contributed by atoms with Gasteiger partial charge in [0, 0.05) is 23.7 Å². The van der Waals surface area contributed by atoms with Gasteiger partial charge in [0.05, 0.1) is 17.2 Å². The van der Waals surface area contributed by atoms with Crippen molar-refractivity contribution in [3.8, 4) is 5.75 Å². The minimum absolute atomic E-state index is 0.0773. The van der Waals surface area contributed by atoms with Crippen LogP contribution in [0.3, 0.4) is 0 Å². The number of carbonyl (C=O) groups excluding carboxylic acids is 2. The lowest BCUT2D eigenvalue weighted by atomic mass is 9.94. The molecular formula is C21H20ClFN2O4. The Labute approximate surface area is 172 Å². The fourth-order valence-electron chi connectivity index (χ4n) is 3.28. The van der Waals surface area contributed by atoms with Crippen molar-refractivity contribution in [3.63, 3.8) is 0 Å². The number of amides is 1. The number of ketones is 1. The lowest BCUT2D eigenvalue weighted by Gasteiger charge is -2.26. The van der Waals surface area contributed by atoms with Crippen LogP contribution in [-0.4, -0.2) is 58.9 Å². The standard InChI is InChI=1S/C21H20ClFN2O4/c1-24(2)9-10-25-18(13-5-3-4-6-15(13)23)17(20(28)21(25)29)19(27)14-11-12(22)7-8-16(14)26/h3-8,11,18,26-27H,9-10H2,1-2H3/b19-17-. The summed E-state index contributed by atoms with van der Waals surface area (Å²) in [5.74, 6) is -3.34. The van der Waals surface area contributed by atoms with Crippen molar-refractivity contribution in [1.82, 2.24) is 9.80 Å². The molecule has 1 amide bonds. The Bertz CT molecular complexity index is 1010. The smallest absolute Gasteiger partial charge is 0.295 e. The SMILES string of the molecule is CN(C)CCN1C(=O)C(=O)/C(=C(\O)c2cc(Cl)ccc2O)C1c1ccccc1F. The monoisotopic (exact) mass is 418 g/mol. The van der Waals surface area contributed by atoms with Crippen LogP contribution in [0.1, 0.15) is 17.2 Å². The van der Waals surface area contributed by atoms with Crippen molar-refractivity contribution in [2.45, 2.75) is 6.04 Å². The Morgan fingerprint density at radius 1 is 1.21 bits per heavy atom. The molecule has 1 aliphatic heterocycles. The Balaban J connectivity index is 2.22. The zero-order valence-corrected chi connectivity index (χ0v) is 16.7. The van der Waals surface area contributed by atoms with Gasteiger partial charge in [-0.25, -0.2) is 4.39 Å². The third kappa shape index (κ3) is 3.97. The van der Waals surface area contributed by atoms with Crippen LogP contribution in [0.15, 0.2) is 48.0 Å². The summed E-state index contributed by atoms with van der Waals surface area (Å²) in [6.07, 6.45) is 0. The molecule has 2 aromatic rings. The number of hydrogen-bond acceptors (Lipinski definition) is 5. The van der Waals surface area contributed by atoms with Gasteiger partial charge in [0.15, 0.2) is 0 Å². The number of aliphatic hydroxyl groups excluding tert-OH is 1.